The van der Waals surface area contributed by atoms with Crippen LogP contribution in [0.25, 0.3) is 0 Å². The Morgan fingerprint density at radius 3 is 2.17 bits per heavy atom. The van der Waals surface area contributed by atoms with Gasteiger partial charge in [0.15, 0.2) is 0 Å². The second-order valence-corrected chi connectivity index (χ2v) is 4.93. The van der Waals surface area contributed by atoms with Gasteiger partial charge in [0.1, 0.15) is 5.75 Å². The molecule has 0 unspecified atom stereocenters. The van der Waals surface area contributed by atoms with Crippen molar-refractivity contribution >= 4 is 23.3 Å². The maximum atomic E-state index is 11.9. The van der Waals surface area contributed by atoms with E-state index in [1.807, 2.05) is 6.92 Å². The Balaban J connectivity index is 1.83. The molecule has 0 bridgehead atoms. The van der Waals surface area contributed by atoms with Gasteiger partial charge in [-0.15, -0.1) is 0 Å². The Morgan fingerprint density at radius 1 is 0.958 bits per heavy atom. The second kappa shape index (κ2) is 8.57. The van der Waals surface area contributed by atoms with Crippen LogP contribution >= 0.6 is 0 Å². The molecule has 24 heavy (non-hydrogen) atoms. The van der Waals surface area contributed by atoms with Gasteiger partial charge in [-0.05, 0) is 55.5 Å². The van der Waals surface area contributed by atoms with Crippen LogP contribution in [0.2, 0.25) is 0 Å². The largest absolute Gasteiger partial charge is 0.494 e. The monoisotopic (exact) mass is 328 g/mol. The van der Waals surface area contributed by atoms with E-state index in [9.17, 15) is 9.59 Å². The van der Waals surface area contributed by atoms with E-state index < -0.39 is 5.97 Å². The predicted octanol–water partition coefficient (Wildman–Crippen LogP) is 2.92. The van der Waals surface area contributed by atoms with Crippen LogP contribution in [-0.2, 0) is 9.53 Å². The Hall–Kier alpha value is -3.02. The first-order valence-corrected chi connectivity index (χ1v) is 7.57. The Labute approximate surface area is 140 Å². The fourth-order valence-corrected chi connectivity index (χ4v) is 2.03. The van der Waals surface area contributed by atoms with Gasteiger partial charge >= 0.3 is 5.97 Å². The highest BCUT2D eigenvalue weighted by atomic mass is 16.5. The van der Waals surface area contributed by atoms with Crippen molar-refractivity contribution < 1.29 is 19.1 Å². The first-order chi connectivity index (χ1) is 11.6. The molecule has 0 aliphatic heterocycles. The second-order valence-electron chi connectivity index (χ2n) is 4.93. The van der Waals surface area contributed by atoms with Gasteiger partial charge in [-0.1, -0.05) is 0 Å². The van der Waals surface area contributed by atoms with Gasteiger partial charge < -0.3 is 20.1 Å². The number of nitrogens with one attached hydrogen (secondary N) is 2. The number of methoxy groups -OCH3 is 1. The van der Waals surface area contributed by atoms with E-state index in [1.54, 1.807) is 48.5 Å². The molecule has 0 heterocycles. The van der Waals surface area contributed by atoms with E-state index in [4.69, 9.17) is 4.74 Å². The average Bonchev–Trinajstić information content (AvgIpc) is 2.61. The average molecular weight is 328 g/mol. The lowest BCUT2D eigenvalue weighted by Gasteiger charge is -2.09. The fourth-order valence-electron chi connectivity index (χ4n) is 2.03. The van der Waals surface area contributed by atoms with Gasteiger partial charge in [0.25, 0.3) is 0 Å². The topological polar surface area (TPSA) is 76.7 Å². The lowest BCUT2D eigenvalue weighted by Crippen LogP contribution is -2.21. The highest BCUT2D eigenvalue weighted by molar-refractivity contribution is 5.94. The van der Waals surface area contributed by atoms with Gasteiger partial charge in [0, 0.05) is 11.4 Å². The third-order valence-electron chi connectivity index (χ3n) is 3.21. The molecule has 0 radical (unpaired) electrons. The minimum absolute atomic E-state index is 0.116. The van der Waals surface area contributed by atoms with Crippen molar-refractivity contribution in [2.75, 3.05) is 30.9 Å². The molecule has 6 nitrogen and oxygen atoms in total. The minimum atomic E-state index is -0.394. The van der Waals surface area contributed by atoms with Crippen LogP contribution in [0.3, 0.4) is 0 Å². The molecule has 2 rings (SSSR count). The maximum Gasteiger partial charge on any atom is 0.337 e. The molecule has 0 spiro atoms. The first kappa shape index (κ1) is 17.3. The summed E-state index contributed by atoms with van der Waals surface area (Å²) < 4.78 is 9.98. The summed E-state index contributed by atoms with van der Waals surface area (Å²) in [5.74, 6) is 0.199. The number of benzene rings is 2. The third kappa shape index (κ3) is 5.01. The van der Waals surface area contributed by atoms with Crippen molar-refractivity contribution in [3.63, 3.8) is 0 Å². The molecule has 0 fully saturated rings. The molecule has 0 aliphatic carbocycles. The zero-order valence-electron chi connectivity index (χ0n) is 13.7. The lowest BCUT2D eigenvalue weighted by atomic mass is 10.2. The molecular weight excluding hydrogens is 308 g/mol. The van der Waals surface area contributed by atoms with Crippen LogP contribution in [0, 0.1) is 0 Å². The smallest absolute Gasteiger partial charge is 0.337 e. The number of rotatable bonds is 7. The first-order valence-electron chi connectivity index (χ1n) is 7.57. The maximum absolute atomic E-state index is 11.9. The summed E-state index contributed by atoms with van der Waals surface area (Å²) in [6.07, 6.45) is 0. The van der Waals surface area contributed by atoms with Gasteiger partial charge in [0.2, 0.25) is 5.91 Å². The number of hydrogen-bond donors (Lipinski definition) is 2. The van der Waals surface area contributed by atoms with Crippen LogP contribution in [0.1, 0.15) is 17.3 Å². The highest BCUT2D eigenvalue weighted by Gasteiger charge is 2.06. The molecular formula is C18H20N2O4. The fraction of sp³-hybridized carbons (Fsp3) is 0.222. The van der Waals surface area contributed by atoms with Gasteiger partial charge in [0.05, 0.1) is 25.8 Å². The van der Waals surface area contributed by atoms with Crippen molar-refractivity contribution in [2.24, 2.45) is 0 Å². The van der Waals surface area contributed by atoms with Crippen molar-refractivity contribution in [3.05, 3.63) is 54.1 Å². The predicted molar refractivity (Wildman–Crippen MR) is 92.5 cm³/mol. The molecule has 0 aliphatic rings. The molecule has 2 aromatic carbocycles. The summed E-state index contributed by atoms with van der Waals surface area (Å²) in [4.78, 5) is 23.3. The van der Waals surface area contributed by atoms with E-state index in [0.717, 1.165) is 11.4 Å². The van der Waals surface area contributed by atoms with Crippen LogP contribution in [0.5, 0.6) is 5.75 Å². The minimum Gasteiger partial charge on any atom is -0.494 e. The number of hydrogen-bond acceptors (Lipinski definition) is 5. The number of esters is 1. The van der Waals surface area contributed by atoms with Gasteiger partial charge in [-0.2, -0.15) is 0 Å². The molecule has 2 N–H and O–H groups in total. The summed E-state index contributed by atoms with van der Waals surface area (Å²) in [6.45, 7) is 2.63. The number of carbonyl (C=O) groups excluding carboxylic acids is 2. The molecule has 0 atom stereocenters. The number of amides is 1. The molecule has 2 aromatic rings. The lowest BCUT2D eigenvalue weighted by molar-refractivity contribution is -0.114. The molecule has 126 valence electrons. The zero-order valence-corrected chi connectivity index (χ0v) is 13.7. The molecule has 0 saturated heterocycles. The Bertz CT molecular complexity index is 681. The van der Waals surface area contributed by atoms with Gasteiger partial charge in [-0.25, -0.2) is 4.79 Å². The molecule has 6 heteroatoms. The summed E-state index contributed by atoms with van der Waals surface area (Å²) in [5.41, 5.74) is 1.90. The van der Waals surface area contributed by atoms with Crippen LogP contribution in [0.15, 0.2) is 48.5 Å². The zero-order chi connectivity index (χ0) is 17.4. The van der Waals surface area contributed by atoms with Crippen LogP contribution in [0.4, 0.5) is 11.4 Å². The van der Waals surface area contributed by atoms with Crippen molar-refractivity contribution in [3.8, 4) is 5.75 Å². The van der Waals surface area contributed by atoms with E-state index in [2.05, 4.69) is 15.4 Å². The highest BCUT2D eigenvalue weighted by Crippen LogP contribution is 2.15. The molecule has 1 amide bonds. The van der Waals surface area contributed by atoms with Gasteiger partial charge in [-0.3, -0.25) is 4.79 Å². The van der Waals surface area contributed by atoms with E-state index >= 15 is 0 Å². The summed E-state index contributed by atoms with van der Waals surface area (Å²) in [5, 5.41) is 5.78. The van der Waals surface area contributed by atoms with E-state index in [-0.39, 0.29) is 12.5 Å². The van der Waals surface area contributed by atoms with Crippen molar-refractivity contribution in [2.45, 2.75) is 6.92 Å². The quantitative estimate of drug-likeness (QED) is 0.764. The number of carbonyl (C=O) groups is 2. The summed E-state index contributed by atoms with van der Waals surface area (Å²) in [6, 6.07) is 13.9. The molecule has 0 aromatic heterocycles. The summed E-state index contributed by atoms with van der Waals surface area (Å²) >= 11 is 0. The Morgan fingerprint density at radius 2 is 1.58 bits per heavy atom. The summed E-state index contributed by atoms with van der Waals surface area (Å²) in [7, 11) is 1.33. The van der Waals surface area contributed by atoms with E-state index in [0.29, 0.717) is 17.9 Å². The Kier molecular flexibility index (Phi) is 6.19. The normalized spacial score (nSPS) is 9.92. The molecule has 0 saturated carbocycles. The van der Waals surface area contributed by atoms with Crippen molar-refractivity contribution in [1.82, 2.24) is 0 Å². The standard InChI is InChI=1S/C18H20N2O4/c1-3-24-16-10-8-15(9-11-16)20-17(21)12-19-14-6-4-13(5-7-14)18(22)23-2/h4-11,19H,3,12H2,1-2H3,(H,20,21). The van der Waals surface area contributed by atoms with Crippen molar-refractivity contribution in [1.29, 1.82) is 0 Å². The van der Waals surface area contributed by atoms with Crippen LogP contribution < -0.4 is 15.4 Å². The van der Waals surface area contributed by atoms with Crippen LogP contribution in [-0.4, -0.2) is 32.1 Å². The number of ether oxygens (including phenoxy) is 2. The number of anilines is 2. The SMILES string of the molecule is CCOc1ccc(NC(=O)CNc2ccc(C(=O)OC)cc2)cc1. The third-order valence-corrected chi connectivity index (χ3v) is 3.21. The van der Waals surface area contributed by atoms with E-state index in [1.165, 1.54) is 7.11 Å².